The number of hydrogen-bond acceptors (Lipinski definition) is 0. The lowest BCUT2D eigenvalue weighted by Crippen LogP contribution is -2.02. The number of aryl methyl sites for hydroxylation is 1. The smallest absolute Gasteiger partial charge is 0.129 e. The molecule has 0 amide bonds. The first-order valence-electron chi connectivity index (χ1n) is 5.75. The minimum absolute atomic E-state index is 0.239. The van der Waals surface area contributed by atoms with Crippen LogP contribution in [0.2, 0.25) is 0 Å². The van der Waals surface area contributed by atoms with Crippen LogP contribution in [0.1, 0.15) is 31.2 Å². The highest BCUT2D eigenvalue weighted by atomic mass is 35.5. The molecule has 1 aliphatic rings. The van der Waals surface area contributed by atoms with Gasteiger partial charge in [0.1, 0.15) is 11.6 Å². The van der Waals surface area contributed by atoms with E-state index in [1.807, 2.05) is 0 Å². The van der Waals surface area contributed by atoms with E-state index < -0.39 is 11.6 Å². The molecule has 16 heavy (non-hydrogen) atoms. The van der Waals surface area contributed by atoms with Crippen molar-refractivity contribution in [3.8, 4) is 0 Å². The topological polar surface area (TPSA) is 0 Å². The molecule has 0 radical (unpaired) electrons. The van der Waals surface area contributed by atoms with E-state index in [0.29, 0.717) is 17.9 Å². The molecule has 1 unspecified atom stereocenters. The van der Waals surface area contributed by atoms with Gasteiger partial charge in [0.15, 0.2) is 0 Å². The van der Waals surface area contributed by atoms with Crippen molar-refractivity contribution in [3.63, 3.8) is 0 Å². The molecule has 0 saturated heterocycles. The van der Waals surface area contributed by atoms with Crippen molar-refractivity contribution in [2.75, 3.05) is 0 Å². The normalized spacial score (nSPS) is 17.4. The lowest BCUT2D eigenvalue weighted by atomic mass is 10.0. The summed E-state index contributed by atoms with van der Waals surface area (Å²) in [5.74, 6) is -0.285. The van der Waals surface area contributed by atoms with Crippen LogP contribution in [-0.2, 0) is 6.42 Å². The van der Waals surface area contributed by atoms with E-state index in [9.17, 15) is 8.78 Å². The molecule has 2 rings (SSSR count). The lowest BCUT2D eigenvalue weighted by Gasteiger charge is -2.07. The fraction of sp³-hybridized carbons (Fsp3) is 0.538. The summed E-state index contributed by atoms with van der Waals surface area (Å²) in [5, 5.41) is 0.239. The molecule has 1 atom stereocenters. The molecule has 88 valence electrons. The third-order valence-electron chi connectivity index (χ3n) is 3.07. The van der Waals surface area contributed by atoms with Crippen molar-refractivity contribution in [1.82, 2.24) is 0 Å². The zero-order chi connectivity index (χ0) is 11.5. The fourth-order valence-electron chi connectivity index (χ4n) is 1.91. The minimum Gasteiger partial charge on any atom is -0.207 e. The molecule has 1 saturated carbocycles. The maximum absolute atomic E-state index is 13.3. The van der Waals surface area contributed by atoms with Crippen molar-refractivity contribution in [2.45, 2.75) is 37.5 Å². The molecule has 0 spiro atoms. The first-order chi connectivity index (χ1) is 7.66. The Morgan fingerprint density at radius 1 is 1.31 bits per heavy atom. The summed E-state index contributed by atoms with van der Waals surface area (Å²) >= 11 is 6.16. The zero-order valence-electron chi connectivity index (χ0n) is 9.06. The van der Waals surface area contributed by atoms with Crippen molar-refractivity contribution in [2.24, 2.45) is 5.92 Å². The third-order valence-corrected chi connectivity index (χ3v) is 3.65. The SMILES string of the molecule is Fc1ccc(CCCC(Cl)C2CC2)c(F)c1. The van der Waals surface area contributed by atoms with Crippen LogP contribution in [0.4, 0.5) is 8.78 Å². The average molecular weight is 245 g/mol. The van der Waals surface area contributed by atoms with Crippen LogP contribution in [0.5, 0.6) is 0 Å². The summed E-state index contributed by atoms with van der Waals surface area (Å²) in [5.41, 5.74) is 0.584. The number of hydrogen-bond donors (Lipinski definition) is 0. The minimum atomic E-state index is -0.519. The number of benzene rings is 1. The summed E-state index contributed by atoms with van der Waals surface area (Å²) in [4.78, 5) is 0. The predicted molar refractivity (Wildman–Crippen MR) is 61.7 cm³/mol. The molecule has 0 aliphatic heterocycles. The molecule has 1 fully saturated rings. The monoisotopic (exact) mass is 244 g/mol. The molecule has 0 heterocycles. The average Bonchev–Trinajstić information content (AvgIpc) is 3.04. The Labute approximate surface area is 99.6 Å². The van der Waals surface area contributed by atoms with E-state index in [2.05, 4.69) is 0 Å². The van der Waals surface area contributed by atoms with Gasteiger partial charge < -0.3 is 0 Å². The van der Waals surface area contributed by atoms with E-state index in [0.717, 1.165) is 18.9 Å². The maximum Gasteiger partial charge on any atom is 0.129 e. The van der Waals surface area contributed by atoms with Gasteiger partial charge in [-0.05, 0) is 49.7 Å². The van der Waals surface area contributed by atoms with E-state index >= 15 is 0 Å². The maximum atomic E-state index is 13.3. The standard InChI is InChI=1S/C13H15ClF2/c14-12(9-4-5-9)3-1-2-10-6-7-11(15)8-13(10)16/h6-9,12H,1-5H2. The quantitative estimate of drug-likeness (QED) is 0.678. The van der Waals surface area contributed by atoms with Gasteiger partial charge in [0.25, 0.3) is 0 Å². The second-order valence-corrected chi connectivity index (χ2v) is 5.04. The Hall–Kier alpha value is -0.630. The van der Waals surface area contributed by atoms with Gasteiger partial charge in [-0.1, -0.05) is 6.07 Å². The molecule has 0 aromatic heterocycles. The Bertz CT molecular complexity index is 361. The highest BCUT2D eigenvalue weighted by Gasteiger charge is 2.28. The Balaban J connectivity index is 1.80. The zero-order valence-corrected chi connectivity index (χ0v) is 9.81. The number of rotatable bonds is 5. The van der Waals surface area contributed by atoms with Crippen molar-refractivity contribution >= 4 is 11.6 Å². The van der Waals surface area contributed by atoms with E-state index in [-0.39, 0.29) is 5.38 Å². The number of halogens is 3. The molecule has 0 nitrogen and oxygen atoms in total. The van der Waals surface area contributed by atoms with E-state index in [1.165, 1.54) is 25.0 Å². The van der Waals surface area contributed by atoms with Gasteiger partial charge in [0, 0.05) is 11.4 Å². The van der Waals surface area contributed by atoms with Gasteiger partial charge in [-0.2, -0.15) is 0 Å². The first kappa shape index (κ1) is 11.8. The molecule has 0 bridgehead atoms. The summed E-state index contributed by atoms with van der Waals surface area (Å²) in [6.07, 6.45) is 4.90. The Kier molecular flexibility index (Phi) is 3.80. The highest BCUT2D eigenvalue weighted by Crippen LogP contribution is 2.37. The Morgan fingerprint density at radius 3 is 2.69 bits per heavy atom. The molecule has 1 aromatic rings. The first-order valence-corrected chi connectivity index (χ1v) is 6.18. The molecule has 1 aliphatic carbocycles. The van der Waals surface area contributed by atoms with Crippen molar-refractivity contribution < 1.29 is 8.78 Å². The van der Waals surface area contributed by atoms with Crippen LogP contribution in [-0.4, -0.2) is 5.38 Å². The molecule has 0 N–H and O–H groups in total. The van der Waals surface area contributed by atoms with Gasteiger partial charge in [-0.3, -0.25) is 0 Å². The highest BCUT2D eigenvalue weighted by molar-refractivity contribution is 6.20. The summed E-state index contributed by atoms with van der Waals surface area (Å²) < 4.78 is 25.9. The summed E-state index contributed by atoms with van der Waals surface area (Å²) in [7, 11) is 0. The largest absolute Gasteiger partial charge is 0.207 e. The van der Waals surface area contributed by atoms with Gasteiger partial charge >= 0.3 is 0 Å². The van der Waals surface area contributed by atoms with Crippen molar-refractivity contribution in [1.29, 1.82) is 0 Å². The van der Waals surface area contributed by atoms with Crippen LogP contribution < -0.4 is 0 Å². The van der Waals surface area contributed by atoms with Crippen LogP contribution >= 0.6 is 11.6 Å². The summed E-state index contributed by atoms with van der Waals surface area (Å²) in [6.45, 7) is 0. The van der Waals surface area contributed by atoms with E-state index in [1.54, 1.807) is 0 Å². The van der Waals surface area contributed by atoms with Crippen LogP contribution in [0.15, 0.2) is 18.2 Å². The second-order valence-electron chi connectivity index (χ2n) is 4.48. The number of alkyl halides is 1. The van der Waals surface area contributed by atoms with Gasteiger partial charge in [-0.15, -0.1) is 11.6 Å². The predicted octanol–water partition coefficient (Wildman–Crippen LogP) is 4.30. The second kappa shape index (κ2) is 5.13. The lowest BCUT2D eigenvalue weighted by molar-refractivity contribution is 0.562. The van der Waals surface area contributed by atoms with Crippen LogP contribution in [0.3, 0.4) is 0 Å². The Morgan fingerprint density at radius 2 is 2.06 bits per heavy atom. The molecular weight excluding hydrogens is 230 g/mol. The van der Waals surface area contributed by atoms with Crippen LogP contribution in [0, 0.1) is 17.6 Å². The molecular formula is C13H15ClF2. The molecule has 3 heteroatoms. The van der Waals surface area contributed by atoms with Crippen LogP contribution in [0.25, 0.3) is 0 Å². The van der Waals surface area contributed by atoms with Gasteiger partial charge in [0.05, 0.1) is 0 Å². The van der Waals surface area contributed by atoms with Gasteiger partial charge in [0.2, 0.25) is 0 Å². The van der Waals surface area contributed by atoms with Gasteiger partial charge in [-0.25, -0.2) is 8.78 Å². The fourth-order valence-corrected chi connectivity index (χ4v) is 2.31. The third kappa shape index (κ3) is 3.18. The van der Waals surface area contributed by atoms with E-state index in [4.69, 9.17) is 11.6 Å². The van der Waals surface area contributed by atoms with Crippen molar-refractivity contribution in [3.05, 3.63) is 35.4 Å². The molecule has 1 aromatic carbocycles. The summed E-state index contributed by atoms with van der Waals surface area (Å²) in [6, 6.07) is 3.76.